The van der Waals surface area contributed by atoms with Gasteiger partial charge in [0.1, 0.15) is 23.6 Å². The molecule has 3 aromatic rings. The number of aryl methyl sites for hydroxylation is 1. The maximum atomic E-state index is 12.5. The molecule has 26 heavy (non-hydrogen) atoms. The number of hydrogen-bond acceptors (Lipinski definition) is 5. The molecule has 3 rings (SSSR count). The number of methoxy groups -OCH3 is 1. The zero-order chi connectivity index (χ0) is 18.5. The van der Waals surface area contributed by atoms with Gasteiger partial charge in [0.15, 0.2) is 0 Å². The molecular formula is C19H17ClN4O2. The third-order valence-corrected chi connectivity index (χ3v) is 3.93. The molecule has 7 heteroatoms. The van der Waals surface area contributed by atoms with Gasteiger partial charge in [0.25, 0.3) is 5.91 Å². The number of aromatic nitrogens is 2. The van der Waals surface area contributed by atoms with Crippen molar-refractivity contribution < 1.29 is 9.53 Å². The SMILES string of the molecule is COc1ccc(Nc2cc(C(=O)Nc3ccc(Cl)cc3C)ncn2)cc1. The summed E-state index contributed by atoms with van der Waals surface area (Å²) in [5.41, 5.74) is 2.63. The van der Waals surface area contributed by atoms with E-state index in [4.69, 9.17) is 16.3 Å². The van der Waals surface area contributed by atoms with Crippen LogP contribution < -0.4 is 15.4 Å². The maximum Gasteiger partial charge on any atom is 0.274 e. The van der Waals surface area contributed by atoms with Crippen molar-refractivity contribution in [2.75, 3.05) is 17.7 Å². The minimum absolute atomic E-state index is 0.255. The fraction of sp³-hybridized carbons (Fsp3) is 0.105. The molecule has 0 unspecified atom stereocenters. The van der Waals surface area contributed by atoms with E-state index < -0.39 is 0 Å². The van der Waals surface area contributed by atoms with E-state index in [0.717, 1.165) is 17.0 Å². The van der Waals surface area contributed by atoms with Crippen LogP contribution in [-0.4, -0.2) is 23.0 Å². The number of ether oxygens (including phenoxy) is 1. The van der Waals surface area contributed by atoms with E-state index in [-0.39, 0.29) is 11.6 Å². The second kappa shape index (κ2) is 7.84. The highest BCUT2D eigenvalue weighted by Gasteiger charge is 2.11. The van der Waals surface area contributed by atoms with E-state index in [1.807, 2.05) is 31.2 Å². The lowest BCUT2D eigenvalue weighted by Crippen LogP contribution is -2.15. The summed E-state index contributed by atoms with van der Waals surface area (Å²) in [6.07, 6.45) is 1.34. The summed E-state index contributed by atoms with van der Waals surface area (Å²) in [5.74, 6) is 0.954. The molecule has 2 N–H and O–H groups in total. The first-order chi connectivity index (χ1) is 12.5. The number of amides is 1. The normalized spacial score (nSPS) is 10.3. The number of carbonyl (C=O) groups is 1. The van der Waals surface area contributed by atoms with Gasteiger partial charge >= 0.3 is 0 Å². The number of nitrogens with one attached hydrogen (secondary N) is 2. The Kier molecular flexibility index (Phi) is 5.34. The number of nitrogens with zero attached hydrogens (tertiary/aromatic N) is 2. The molecule has 1 aromatic heterocycles. The predicted molar refractivity (Wildman–Crippen MR) is 102 cm³/mol. The Balaban J connectivity index is 1.74. The van der Waals surface area contributed by atoms with Gasteiger partial charge in [-0.3, -0.25) is 4.79 Å². The van der Waals surface area contributed by atoms with Crippen LogP contribution in [0.5, 0.6) is 5.75 Å². The van der Waals surface area contributed by atoms with Crippen molar-refractivity contribution in [3.8, 4) is 5.75 Å². The van der Waals surface area contributed by atoms with Crippen LogP contribution in [0.1, 0.15) is 16.1 Å². The topological polar surface area (TPSA) is 76.1 Å². The van der Waals surface area contributed by atoms with Crippen molar-refractivity contribution in [1.29, 1.82) is 0 Å². The van der Waals surface area contributed by atoms with Crippen molar-refractivity contribution in [3.63, 3.8) is 0 Å². The van der Waals surface area contributed by atoms with Crippen molar-refractivity contribution >= 4 is 34.7 Å². The van der Waals surface area contributed by atoms with E-state index in [9.17, 15) is 4.79 Å². The fourth-order valence-corrected chi connectivity index (χ4v) is 2.55. The Morgan fingerprint density at radius 3 is 2.54 bits per heavy atom. The van der Waals surface area contributed by atoms with Gasteiger partial charge in [-0.1, -0.05) is 11.6 Å². The van der Waals surface area contributed by atoms with Gasteiger partial charge in [-0.15, -0.1) is 0 Å². The highest BCUT2D eigenvalue weighted by molar-refractivity contribution is 6.30. The van der Waals surface area contributed by atoms with E-state index in [1.54, 1.807) is 31.4 Å². The Bertz CT molecular complexity index is 929. The van der Waals surface area contributed by atoms with Crippen molar-refractivity contribution in [2.24, 2.45) is 0 Å². The van der Waals surface area contributed by atoms with Gasteiger partial charge in [-0.2, -0.15) is 0 Å². The summed E-state index contributed by atoms with van der Waals surface area (Å²) < 4.78 is 5.13. The molecule has 2 aromatic carbocycles. The van der Waals surface area contributed by atoms with E-state index in [0.29, 0.717) is 16.5 Å². The molecule has 0 atom stereocenters. The number of anilines is 3. The van der Waals surface area contributed by atoms with E-state index >= 15 is 0 Å². The monoisotopic (exact) mass is 368 g/mol. The second-order valence-electron chi connectivity index (χ2n) is 5.56. The number of hydrogen-bond donors (Lipinski definition) is 2. The van der Waals surface area contributed by atoms with Crippen LogP contribution in [0.4, 0.5) is 17.2 Å². The third kappa shape index (κ3) is 4.29. The van der Waals surface area contributed by atoms with Gasteiger partial charge in [0.05, 0.1) is 7.11 Å². The van der Waals surface area contributed by atoms with Crippen LogP contribution >= 0.6 is 11.6 Å². The zero-order valence-corrected chi connectivity index (χ0v) is 15.0. The Morgan fingerprint density at radius 1 is 1.08 bits per heavy atom. The summed E-state index contributed by atoms with van der Waals surface area (Å²) >= 11 is 5.94. The molecule has 132 valence electrons. The highest BCUT2D eigenvalue weighted by atomic mass is 35.5. The molecule has 1 amide bonds. The lowest BCUT2D eigenvalue weighted by Gasteiger charge is -2.10. The quantitative estimate of drug-likeness (QED) is 0.696. The Morgan fingerprint density at radius 2 is 1.85 bits per heavy atom. The minimum atomic E-state index is -0.324. The molecule has 0 radical (unpaired) electrons. The molecule has 0 saturated heterocycles. The molecular weight excluding hydrogens is 352 g/mol. The van der Waals surface area contributed by atoms with Gasteiger partial charge in [0, 0.05) is 22.5 Å². The first-order valence-corrected chi connectivity index (χ1v) is 8.23. The fourth-order valence-electron chi connectivity index (χ4n) is 2.33. The van der Waals surface area contributed by atoms with Gasteiger partial charge < -0.3 is 15.4 Å². The smallest absolute Gasteiger partial charge is 0.274 e. The van der Waals surface area contributed by atoms with Gasteiger partial charge in [0.2, 0.25) is 0 Å². The summed E-state index contributed by atoms with van der Waals surface area (Å²) in [6.45, 7) is 1.87. The van der Waals surface area contributed by atoms with Crippen molar-refractivity contribution in [2.45, 2.75) is 6.92 Å². The summed E-state index contributed by atoms with van der Waals surface area (Å²) in [4.78, 5) is 20.6. The molecule has 0 bridgehead atoms. The summed E-state index contributed by atoms with van der Waals surface area (Å²) in [7, 11) is 1.61. The van der Waals surface area contributed by atoms with Crippen LogP contribution in [0, 0.1) is 6.92 Å². The standard InChI is InChI=1S/C19H17ClN4O2/c1-12-9-13(20)3-8-16(12)24-19(25)17-10-18(22-11-21-17)23-14-4-6-15(26-2)7-5-14/h3-11H,1-2H3,(H,24,25)(H,21,22,23). The summed E-state index contributed by atoms with van der Waals surface area (Å²) in [6, 6.07) is 14.2. The Labute approximate surface area is 156 Å². The first kappa shape index (κ1) is 17.7. The maximum absolute atomic E-state index is 12.5. The molecule has 0 aliphatic rings. The van der Waals surface area contributed by atoms with E-state index in [1.165, 1.54) is 6.33 Å². The molecule has 0 spiro atoms. The third-order valence-electron chi connectivity index (χ3n) is 3.70. The Hall–Kier alpha value is -3.12. The van der Waals surface area contributed by atoms with Crippen LogP contribution in [-0.2, 0) is 0 Å². The molecule has 6 nitrogen and oxygen atoms in total. The molecule has 0 aliphatic carbocycles. The largest absolute Gasteiger partial charge is 0.497 e. The second-order valence-corrected chi connectivity index (χ2v) is 5.99. The average Bonchev–Trinajstić information content (AvgIpc) is 2.65. The molecule has 1 heterocycles. The highest BCUT2D eigenvalue weighted by Crippen LogP contribution is 2.21. The lowest BCUT2D eigenvalue weighted by molar-refractivity contribution is 0.102. The molecule has 0 fully saturated rings. The number of benzene rings is 2. The van der Waals surface area contributed by atoms with Crippen LogP contribution in [0.25, 0.3) is 0 Å². The van der Waals surface area contributed by atoms with Crippen molar-refractivity contribution in [3.05, 3.63) is 71.1 Å². The van der Waals surface area contributed by atoms with Crippen LogP contribution in [0.15, 0.2) is 54.9 Å². The zero-order valence-electron chi connectivity index (χ0n) is 14.3. The van der Waals surface area contributed by atoms with Gasteiger partial charge in [-0.25, -0.2) is 9.97 Å². The predicted octanol–water partition coefficient (Wildman–Crippen LogP) is 4.44. The number of halogens is 1. The molecule has 0 aliphatic heterocycles. The van der Waals surface area contributed by atoms with Crippen LogP contribution in [0.2, 0.25) is 5.02 Å². The molecule has 0 saturated carbocycles. The van der Waals surface area contributed by atoms with Crippen LogP contribution in [0.3, 0.4) is 0 Å². The number of rotatable bonds is 5. The van der Waals surface area contributed by atoms with E-state index in [2.05, 4.69) is 20.6 Å². The first-order valence-electron chi connectivity index (χ1n) is 7.86. The lowest BCUT2D eigenvalue weighted by atomic mass is 10.2. The van der Waals surface area contributed by atoms with Crippen molar-refractivity contribution in [1.82, 2.24) is 9.97 Å². The number of carbonyl (C=O) groups excluding carboxylic acids is 1. The average molecular weight is 369 g/mol. The van der Waals surface area contributed by atoms with Gasteiger partial charge in [-0.05, 0) is 55.0 Å². The summed E-state index contributed by atoms with van der Waals surface area (Å²) in [5, 5.41) is 6.58. The minimum Gasteiger partial charge on any atom is -0.497 e.